The average molecular weight is 372 g/mol. The van der Waals surface area contributed by atoms with E-state index in [4.69, 9.17) is 10.5 Å². The number of fused-ring (bicyclic) bond motifs is 1. The smallest absolute Gasteiger partial charge is 0.146 e. The Morgan fingerprint density at radius 2 is 1.68 bits per heavy atom. The van der Waals surface area contributed by atoms with Crippen molar-refractivity contribution in [1.29, 1.82) is 0 Å². The van der Waals surface area contributed by atoms with Crippen LogP contribution in [0.5, 0.6) is 11.5 Å². The number of hydrogen-bond acceptors (Lipinski definition) is 5. The van der Waals surface area contributed by atoms with Gasteiger partial charge in [-0.3, -0.25) is 0 Å². The van der Waals surface area contributed by atoms with E-state index >= 15 is 0 Å². The van der Waals surface area contributed by atoms with Crippen LogP contribution < -0.4 is 10.5 Å². The minimum atomic E-state index is -0.237. The van der Waals surface area contributed by atoms with E-state index in [0.717, 1.165) is 46.5 Å². The van der Waals surface area contributed by atoms with Gasteiger partial charge >= 0.3 is 0 Å². The van der Waals surface area contributed by atoms with Gasteiger partial charge in [0.1, 0.15) is 29.3 Å². The molecule has 6 heteroatoms. The van der Waals surface area contributed by atoms with Gasteiger partial charge in [0, 0.05) is 17.8 Å². The number of aliphatic hydroxyl groups excluding tert-OH is 1. The second-order valence-corrected chi connectivity index (χ2v) is 7.13. The zero-order valence-electron chi connectivity index (χ0n) is 15.2. The van der Waals surface area contributed by atoms with E-state index in [0.29, 0.717) is 5.82 Å². The first-order chi connectivity index (χ1) is 13.7. The Hall–Kier alpha value is -3.38. The normalized spacial score (nSPS) is 18.8. The zero-order valence-corrected chi connectivity index (χ0v) is 15.2. The molecule has 0 aliphatic heterocycles. The lowest BCUT2D eigenvalue weighted by Gasteiger charge is -2.32. The summed E-state index contributed by atoms with van der Waals surface area (Å²) in [5, 5.41) is 10.5. The number of rotatable bonds is 4. The Kier molecular flexibility index (Phi) is 3.98. The molecule has 1 saturated carbocycles. The lowest BCUT2D eigenvalue weighted by molar-refractivity contribution is 0.0502. The number of anilines is 1. The second-order valence-electron chi connectivity index (χ2n) is 7.13. The molecule has 140 valence electrons. The van der Waals surface area contributed by atoms with Crippen LogP contribution in [-0.4, -0.2) is 25.7 Å². The molecule has 2 heterocycles. The maximum absolute atomic E-state index is 9.70. The standard InChI is InChI=1S/C22H20N4O2/c23-21-20-19(12-26(15-10-16(27)11-15)22(20)25-13-24-21)14-6-8-18(9-7-14)28-17-4-2-1-3-5-17/h1-9,12-13,15-16,27H,10-11H2,(H2,23,24,25). The van der Waals surface area contributed by atoms with Crippen LogP contribution in [0.4, 0.5) is 5.82 Å². The number of para-hydroxylation sites is 1. The molecule has 0 bridgehead atoms. The first kappa shape index (κ1) is 16.8. The van der Waals surface area contributed by atoms with Gasteiger partial charge in [-0.05, 0) is 42.7 Å². The van der Waals surface area contributed by atoms with Crippen molar-refractivity contribution in [1.82, 2.24) is 14.5 Å². The molecule has 0 radical (unpaired) electrons. The summed E-state index contributed by atoms with van der Waals surface area (Å²) in [5.41, 5.74) is 9.00. The average Bonchev–Trinajstić information content (AvgIpc) is 3.07. The Morgan fingerprint density at radius 3 is 2.39 bits per heavy atom. The molecule has 0 saturated heterocycles. The summed E-state index contributed by atoms with van der Waals surface area (Å²) in [6, 6.07) is 17.8. The highest BCUT2D eigenvalue weighted by atomic mass is 16.5. The molecule has 3 N–H and O–H groups in total. The number of nitrogens with zero attached hydrogens (tertiary/aromatic N) is 3. The van der Waals surface area contributed by atoms with Crippen molar-refractivity contribution in [3.05, 3.63) is 67.1 Å². The first-order valence-corrected chi connectivity index (χ1v) is 9.31. The molecule has 2 aromatic heterocycles. The minimum absolute atomic E-state index is 0.237. The highest BCUT2D eigenvalue weighted by Crippen LogP contribution is 2.40. The maximum Gasteiger partial charge on any atom is 0.146 e. The molecule has 0 unspecified atom stereocenters. The molecule has 5 rings (SSSR count). The molecule has 1 fully saturated rings. The molecule has 2 aromatic carbocycles. The highest BCUT2D eigenvalue weighted by molar-refractivity contribution is 6.00. The quantitative estimate of drug-likeness (QED) is 0.561. The monoisotopic (exact) mass is 372 g/mol. The second kappa shape index (κ2) is 6.65. The SMILES string of the molecule is Nc1ncnc2c1c(-c1ccc(Oc3ccccc3)cc1)cn2C1CC(O)C1. The first-order valence-electron chi connectivity index (χ1n) is 9.31. The third kappa shape index (κ3) is 2.88. The predicted octanol–water partition coefficient (Wildman–Crippen LogP) is 4.17. The summed E-state index contributed by atoms with van der Waals surface area (Å²) < 4.78 is 7.99. The van der Waals surface area contributed by atoms with Crippen molar-refractivity contribution >= 4 is 16.9 Å². The van der Waals surface area contributed by atoms with E-state index in [1.807, 2.05) is 54.6 Å². The minimum Gasteiger partial charge on any atom is -0.457 e. The van der Waals surface area contributed by atoms with Crippen molar-refractivity contribution in [3.8, 4) is 22.6 Å². The summed E-state index contributed by atoms with van der Waals surface area (Å²) in [6.45, 7) is 0. The van der Waals surface area contributed by atoms with Gasteiger partial charge in [0.15, 0.2) is 0 Å². The van der Waals surface area contributed by atoms with Crippen LogP contribution in [0.2, 0.25) is 0 Å². The van der Waals surface area contributed by atoms with Crippen molar-refractivity contribution in [3.63, 3.8) is 0 Å². The van der Waals surface area contributed by atoms with E-state index in [1.54, 1.807) is 0 Å². The lowest BCUT2D eigenvalue weighted by Crippen LogP contribution is -2.30. The fourth-order valence-corrected chi connectivity index (χ4v) is 3.72. The van der Waals surface area contributed by atoms with Gasteiger partial charge in [-0.2, -0.15) is 0 Å². The predicted molar refractivity (Wildman–Crippen MR) is 108 cm³/mol. The highest BCUT2D eigenvalue weighted by Gasteiger charge is 2.31. The van der Waals surface area contributed by atoms with Gasteiger partial charge in [-0.25, -0.2) is 9.97 Å². The third-order valence-corrected chi connectivity index (χ3v) is 5.26. The molecule has 0 spiro atoms. The van der Waals surface area contributed by atoms with Crippen molar-refractivity contribution in [2.45, 2.75) is 25.0 Å². The molecule has 28 heavy (non-hydrogen) atoms. The van der Waals surface area contributed by atoms with Gasteiger partial charge in [0.2, 0.25) is 0 Å². The Morgan fingerprint density at radius 1 is 0.964 bits per heavy atom. The number of hydrogen-bond donors (Lipinski definition) is 2. The van der Waals surface area contributed by atoms with Gasteiger partial charge in [0.05, 0.1) is 11.5 Å². The molecule has 6 nitrogen and oxygen atoms in total. The largest absolute Gasteiger partial charge is 0.457 e. The number of ether oxygens (including phenoxy) is 1. The van der Waals surface area contributed by atoms with E-state index in [9.17, 15) is 5.11 Å². The lowest BCUT2D eigenvalue weighted by atomic mass is 9.89. The molecule has 0 atom stereocenters. The Bertz CT molecular complexity index is 1120. The molecule has 1 aliphatic rings. The van der Waals surface area contributed by atoms with Crippen LogP contribution in [0.25, 0.3) is 22.2 Å². The molecular weight excluding hydrogens is 352 g/mol. The molecule has 4 aromatic rings. The number of nitrogen functional groups attached to an aromatic ring is 1. The van der Waals surface area contributed by atoms with E-state index in [-0.39, 0.29) is 12.1 Å². The van der Waals surface area contributed by atoms with Crippen LogP contribution in [0.1, 0.15) is 18.9 Å². The van der Waals surface area contributed by atoms with Crippen molar-refractivity contribution < 1.29 is 9.84 Å². The van der Waals surface area contributed by atoms with Crippen molar-refractivity contribution in [2.75, 3.05) is 5.73 Å². The summed E-state index contributed by atoms with van der Waals surface area (Å²) in [7, 11) is 0. The topological polar surface area (TPSA) is 86.2 Å². The Balaban J connectivity index is 1.52. The van der Waals surface area contributed by atoms with Gasteiger partial charge < -0.3 is 20.1 Å². The Labute approximate surface area is 162 Å². The molecule has 0 amide bonds. The summed E-state index contributed by atoms with van der Waals surface area (Å²) in [4.78, 5) is 8.63. The van der Waals surface area contributed by atoms with E-state index < -0.39 is 0 Å². The number of aliphatic hydroxyl groups is 1. The zero-order chi connectivity index (χ0) is 19.1. The summed E-state index contributed by atoms with van der Waals surface area (Å²) in [6.07, 6.45) is 4.79. The molecule has 1 aliphatic carbocycles. The van der Waals surface area contributed by atoms with Crippen LogP contribution in [0, 0.1) is 0 Å². The van der Waals surface area contributed by atoms with E-state index in [2.05, 4.69) is 20.7 Å². The fourth-order valence-electron chi connectivity index (χ4n) is 3.72. The van der Waals surface area contributed by atoms with Crippen molar-refractivity contribution in [2.24, 2.45) is 0 Å². The van der Waals surface area contributed by atoms with Crippen LogP contribution in [-0.2, 0) is 0 Å². The van der Waals surface area contributed by atoms with Crippen LogP contribution in [0.3, 0.4) is 0 Å². The molecular formula is C22H20N4O2. The van der Waals surface area contributed by atoms with Crippen LogP contribution >= 0.6 is 0 Å². The summed E-state index contributed by atoms with van der Waals surface area (Å²) >= 11 is 0. The van der Waals surface area contributed by atoms with Gasteiger partial charge in [-0.15, -0.1) is 0 Å². The summed E-state index contributed by atoms with van der Waals surface area (Å²) in [5.74, 6) is 2.03. The number of aromatic nitrogens is 3. The van der Waals surface area contributed by atoms with E-state index in [1.165, 1.54) is 6.33 Å². The van der Waals surface area contributed by atoms with Gasteiger partial charge in [0.25, 0.3) is 0 Å². The number of nitrogens with two attached hydrogens (primary N) is 1. The fraction of sp³-hybridized carbons (Fsp3) is 0.182. The van der Waals surface area contributed by atoms with Gasteiger partial charge in [-0.1, -0.05) is 30.3 Å². The maximum atomic E-state index is 9.70. The number of benzene rings is 2. The third-order valence-electron chi connectivity index (χ3n) is 5.26. The van der Waals surface area contributed by atoms with Crippen LogP contribution in [0.15, 0.2) is 67.1 Å².